The van der Waals surface area contributed by atoms with Crippen LogP contribution in [0.4, 0.5) is 10.4 Å². The zero-order valence-corrected chi connectivity index (χ0v) is 16.8. The number of carbonyl (C=O) groups excluding carboxylic acids is 1. The summed E-state index contributed by atoms with van der Waals surface area (Å²) in [6, 6.07) is 8.12. The van der Waals surface area contributed by atoms with Crippen LogP contribution in [0.2, 0.25) is 4.34 Å². The summed E-state index contributed by atoms with van der Waals surface area (Å²) in [5.41, 5.74) is 0. The largest absolute Gasteiger partial charge is 0.407 e. The number of amides is 1. The first-order valence-electron chi connectivity index (χ1n) is 8.16. The summed E-state index contributed by atoms with van der Waals surface area (Å²) in [4.78, 5) is 12.9. The van der Waals surface area contributed by atoms with Crippen LogP contribution in [0.3, 0.4) is 0 Å². The maximum absolute atomic E-state index is 12.9. The van der Waals surface area contributed by atoms with Crippen LogP contribution >= 0.6 is 22.9 Å². The fourth-order valence-corrected chi connectivity index (χ4v) is 4.73. The second-order valence-corrected chi connectivity index (χ2v) is 9.72. The molecule has 1 amide bonds. The highest BCUT2D eigenvalue weighted by atomic mass is 35.5. The topological polar surface area (TPSA) is 102 Å². The molecule has 0 aliphatic heterocycles. The van der Waals surface area contributed by atoms with Crippen molar-refractivity contribution in [3.8, 4) is 0 Å². The fraction of sp³-hybridized carbons (Fsp3) is 0.235. The van der Waals surface area contributed by atoms with Gasteiger partial charge in [0.1, 0.15) is 5.82 Å². The van der Waals surface area contributed by atoms with E-state index in [4.69, 9.17) is 16.0 Å². The minimum absolute atomic E-state index is 0.0181. The molecule has 0 saturated heterocycles. The number of thiophene rings is 1. The van der Waals surface area contributed by atoms with Crippen molar-refractivity contribution in [2.45, 2.75) is 24.2 Å². The summed E-state index contributed by atoms with van der Waals surface area (Å²) in [6.45, 7) is 0. The molecule has 1 N–H and O–H groups in total. The van der Waals surface area contributed by atoms with Crippen LogP contribution in [-0.2, 0) is 21.1 Å². The van der Waals surface area contributed by atoms with Gasteiger partial charge in [0, 0.05) is 11.3 Å². The number of hydrogen-bond donors (Lipinski definition) is 1. The zero-order chi connectivity index (χ0) is 20.1. The molecule has 0 saturated carbocycles. The lowest BCUT2D eigenvalue weighted by Gasteiger charge is -2.04. The predicted octanol–water partition coefficient (Wildman–Crippen LogP) is 3.71. The Morgan fingerprint density at radius 3 is 2.61 bits per heavy atom. The average molecular weight is 444 g/mol. The van der Waals surface area contributed by atoms with E-state index < -0.39 is 21.6 Å². The van der Waals surface area contributed by atoms with E-state index >= 15 is 0 Å². The zero-order valence-electron chi connectivity index (χ0n) is 14.4. The van der Waals surface area contributed by atoms with E-state index in [1.165, 1.54) is 23.5 Å². The van der Waals surface area contributed by atoms with E-state index in [0.717, 1.165) is 17.0 Å². The number of halogens is 2. The molecule has 28 heavy (non-hydrogen) atoms. The number of nitrogens with zero attached hydrogens (tertiary/aromatic N) is 2. The van der Waals surface area contributed by atoms with Gasteiger partial charge in [0.15, 0.2) is 9.84 Å². The van der Waals surface area contributed by atoms with E-state index in [0.29, 0.717) is 16.6 Å². The van der Waals surface area contributed by atoms with Crippen LogP contribution in [0.5, 0.6) is 0 Å². The van der Waals surface area contributed by atoms with Gasteiger partial charge in [-0.15, -0.1) is 16.4 Å². The van der Waals surface area contributed by atoms with E-state index in [1.807, 2.05) is 6.07 Å². The smallest absolute Gasteiger partial charge is 0.322 e. The van der Waals surface area contributed by atoms with Crippen LogP contribution in [-0.4, -0.2) is 30.3 Å². The highest BCUT2D eigenvalue weighted by Gasteiger charge is 2.16. The molecule has 0 bridgehead atoms. The van der Waals surface area contributed by atoms with Crippen molar-refractivity contribution >= 4 is 44.7 Å². The number of sulfone groups is 1. The summed E-state index contributed by atoms with van der Waals surface area (Å²) < 4.78 is 43.2. The SMILES string of the molecule is O=C(CCCS(=O)(=O)c1ccc(F)cc1)Nc1nnc(Cc2ccc(Cl)s2)o1. The fourth-order valence-electron chi connectivity index (χ4n) is 2.34. The lowest BCUT2D eigenvalue weighted by atomic mass is 10.3. The minimum Gasteiger partial charge on any atom is -0.407 e. The van der Waals surface area contributed by atoms with Crippen molar-refractivity contribution < 1.29 is 22.0 Å². The van der Waals surface area contributed by atoms with E-state index in [2.05, 4.69) is 15.5 Å². The third-order valence-electron chi connectivity index (χ3n) is 3.66. The lowest BCUT2D eigenvalue weighted by molar-refractivity contribution is -0.116. The molecule has 3 aromatic rings. The quantitative estimate of drug-likeness (QED) is 0.532. The number of nitrogens with one attached hydrogen (secondary N) is 1. The second kappa shape index (κ2) is 8.80. The molecular formula is C17H15ClFN3O4S2. The van der Waals surface area contributed by atoms with Gasteiger partial charge in [-0.1, -0.05) is 16.7 Å². The van der Waals surface area contributed by atoms with Crippen molar-refractivity contribution in [3.63, 3.8) is 0 Å². The number of anilines is 1. The number of carbonyl (C=O) groups is 1. The summed E-state index contributed by atoms with van der Waals surface area (Å²) in [7, 11) is -3.58. The lowest BCUT2D eigenvalue weighted by Crippen LogP contribution is -2.14. The predicted molar refractivity (Wildman–Crippen MR) is 103 cm³/mol. The number of aromatic nitrogens is 2. The molecular weight excluding hydrogens is 429 g/mol. The Kier molecular flexibility index (Phi) is 6.42. The Hall–Kier alpha value is -2.30. The van der Waals surface area contributed by atoms with Gasteiger partial charge in [-0.05, 0) is 42.8 Å². The van der Waals surface area contributed by atoms with Crippen molar-refractivity contribution in [1.29, 1.82) is 0 Å². The van der Waals surface area contributed by atoms with Gasteiger partial charge in [0.25, 0.3) is 0 Å². The molecule has 0 atom stereocenters. The molecule has 2 aromatic heterocycles. The summed E-state index contributed by atoms with van der Waals surface area (Å²) in [6.07, 6.45) is 0.453. The van der Waals surface area contributed by atoms with Crippen LogP contribution < -0.4 is 5.32 Å². The number of rotatable bonds is 8. The van der Waals surface area contributed by atoms with Crippen LogP contribution in [0.25, 0.3) is 0 Å². The maximum atomic E-state index is 12.9. The first-order chi connectivity index (χ1) is 13.3. The van der Waals surface area contributed by atoms with Crippen molar-refractivity contribution in [2.75, 3.05) is 11.1 Å². The van der Waals surface area contributed by atoms with Crippen LogP contribution in [0, 0.1) is 5.82 Å². The van der Waals surface area contributed by atoms with E-state index in [-0.39, 0.29) is 29.5 Å². The van der Waals surface area contributed by atoms with Crippen LogP contribution in [0.1, 0.15) is 23.6 Å². The molecule has 1 aromatic carbocycles. The first kappa shape index (κ1) is 20.4. The van der Waals surface area contributed by atoms with E-state index in [9.17, 15) is 17.6 Å². The highest BCUT2D eigenvalue weighted by Crippen LogP contribution is 2.24. The van der Waals surface area contributed by atoms with Crippen molar-refractivity contribution in [3.05, 3.63) is 57.3 Å². The van der Waals surface area contributed by atoms with Gasteiger partial charge in [-0.25, -0.2) is 12.8 Å². The standard InChI is InChI=1S/C17H15ClFN3O4S2/c18-14-8-5-12(27-14)10-16-21-22-17(26-16)20-15(23)2-1-9-28(24,25)13-6-3-11(19)4-7-13/h3-8H,1-2,9-10H2,(H,20,22,23). The molecule has 2 heterocycles. The normalized spacial score (nSPS) is 11.5. The molecule has 11 heteroatoms. The highest BCUT2D eigenvalue weighted by molar-refractivity contribution is 7.91. The van der Waals surface area contributed by atoms with Crippen LogP contribution in [0.15, 0.2) is 45.7 Å². The van der Waals surface area contributed by atoms with Gasteiger partial charge in [0.2, 0.25) is 11.8 Å². The Labute approximate surface area is 169 Å². The molecule has 7 nitrogen and oxygen atoms in total. The summed E-state index contributed by atoms with van der Waals surface area (Å²) in [5, 5.41) is 10.0. The average Bonchev–Trinajstić information content (AvgIpc) is 3.24. The Morgan fingerprint density at radius 1 is 1.18 bits per heavy atom. The minimum atomic E-state index is -3.58. The summed E-state index contributed by atoms with van der Waals surface area (Å²) >= 11 is 7.25. The third kappa shape index (κ3) is 5.60. The molecule has 0 aliphatic carbocycles. The van der Waals surface area contributed by atoms with Gasteiger partial charge in [-0.3, -0.25) is 10.1 Å². The van der Waals surface area contributed by atoms with Gasteiger partial charge >= 0.3 is 6.01 Å². The van der Waals surface area contributed by atoms with Crippen molar-refractivity contribution in [2.24, 2.45) is 0 Å². The third-order valence-corrected chi connectivity index (χ3v) is 6.70. The molecule has 0 fully saturated rings. The Morgan fingerprint density at radius 2 is 1.93 bits per heavy atom. The number of hydrogen-bond acceptors (Lipinski definition) is 7. The summed E-state index contributed by atoms with van der Waals surface area (Å²) in [5.74, 6) is -0.865. The molecule has 0 spiro atoms. The Bertz CT molecular complexity index is 1060. The maximum Gasteiger partial charge on any atom is 0.322 e. The monoisotopic (exact) mass is 443 g/mol. The molecule has 0 radical (unpaired) electrons. The van der Waals surface area contributed by atoms with Crippen molar-refractivity contribution in [1.82, 2.24) is 10.2 Å². The number of benzene rings is 1. The first-order valence-corrected chi connectivity index (χ1v) is 11.0. The Balaban J connectivity index is 1.47. The van der Waals surface area contributed by atoms with Gasteiger partial charge in [0.05, 0.1) is 21.4 Å². The van der Waals surface area contributed by atoms with Gasteiger partial charge < -0.3 is 4.42 Å². The molecule has 0 aliphatic rings. The molecule has 0 unspecified atom stereocenters. The second-order valence-electron chi connectivity index (χ2n) is 5.81. The molecule has 148 valence electrons. The molecule has 3 rings (SSSR count). The van der Waals surface area contributed by atoms with Gasteiger partial charge in [-0.2, -0.15) is 0 Å². The van der Waals surface area contributed by atoms with E-state index in [1.54, 1.807) is 6.07 Å².